The molecule has 0 amide bonds. The predicted molar refractivity (Wildman–Crippen MR) is 87.2 cm³/mol. The van der Waals surface area contributed by atoms with E-state index in [2.05, 4.69) is 17.6 Å². The number of ketones is 1. The van der Waals surface area contributed by atoms with Gasteiger partial charge in [-0.2, -0.15) is 0 Å². The van der Waals surface area contributed by atoms with Crippen molar-refractivity contribution in [1.29, 1.82) is 0 Å². The first-order valence-electron chi connectivity index (χ1n) is 7.23. The Labute approximate surface area is 126 Å². The number of nitrogens with one attached hydrogen (secondary N) is 2. The van der Waals surface area contributed by atoms with E-state index in [1.165, 1.54) is 25.7 Å². The molecule has 0 heterocycles. The summed E-state index contributed by atoms with van der Waals surface area (Å²) in [6.45, 7) is 3.88. The highest BCUT2D eigenvalue weighted by atomic mass is 32.1. The Morgan fingerprint density at radius 3 is 2.30 bits per heavy atom. The van der Waals surface area contributed by atoms with Crippen LogP contribution in [0.25, 0.3) is 0 Å². The average molecular weight is 290 g/mol. The molecule has 0 atom stereocenters. The van der Waals surface area contributed by atoms with Crippen LogP contribution in [0.1, 0.15) is 49.9 Å². The Balaban J connectivity index is 1.83. The van der Waals surface area contributed by atoms with Gasteiger partial charge in [0, 0.05) is 17.3 Å². The maximum atomic E-state index is 11.2. The summed E-state index contributed by atoms with van der Waals surface area (Å²) >= 11 is 5.34. The quantitative estimate of drug-likeness (QED) is 0.657. The minimum Gasteiger partial charge on any atom is -0.360 e. The van der Waals surface area contributed by atoms with Crippen LogP contribution in [0.15, 0.2) is 24.3 Å². The zero-order valence-corrected chi connectivity index (χ0v) is 12.9. The van der Waals surface area contributed by atoms with Crippen LogP contribution in [0.4, 0.5) is 5.69 Å². The van der Waals surface area contributed by atoms with Crippen LogP contribution in [0, 0.1) is 5.92 Å². The van der Waals surface area contributed by atoms with Crippen molar-refractivity contribution in [2.45, 2.75) is 45.6 Å². The monoisotopic (exact) mass is 290 g/mol. The summed E-state index contributed by atoms with van der Waals surface area (Å²) < 4.78 is 0. The van der Waals surface area contributed by atoms with E-state index in [4.69, 9.17) is 12.2 Å². The van der Waals surface area contributed by atoms with Crippen molar-refractivity contribution in [3.63, 3.8) is 0 Å². The van der Waals surface area contributed by atoms with Crippen molar-refractivity contribution in [2.24, 2.45) is 5.92 Å². The highest BCUT2D eigenvalue weighted by molar-refractivity contribution is 7.80. The molecule has 0 aromatic heterocycles. The van der Waals surface area contributed by atoms with E-state index in [9.17, 15) is 4.79 Å². The SMILES string of the molecule is CC(=O)c1ccc(NC(=S)NC2CCC(C)CC2)cc1. The summed E-state index contributed by atoms with van der Waals surface area (Å²) in [5.41, 5.74) is 1.63. The molecule has 20 heavy (non-hydrogen) atoms. The second-order valence-corrected chi connectivity index (χ2v) is 6.10. The third-order valence-corrected chi connectivity index (χ3v) is 4.12. The summed E-state index contributed by atoms with van der Waals surface area (Å²) in [7, 11) is 0. The number of carbonyl (C=O) groups is 1. The van der Waals surface area contributed by atoms with E-state index in [0.717, 1.165) is 17.2 Å². The lowest BCUT2D eigenvalue weighted by Crippen LogP contribution is -2.39. The van der Waals surface area contributed by atoms with Gasteiger partial charge in [0.05, 0.1) is 0 Å². The summed E-state index contributed by atoms with van der Waals surface area (Å²) in [5.74, 6) is 0.919. The maximum absolute atomic E-state index is 11.2. The molecule has 1 aromatic rings. The Morgan fingerprint density at radius 2 is 1.75 bits per heavy atom. The van der Waals surface area contributed by atoms with Crippen molar-refractivity contribution in [3.8, 4) is 0 Å². The first kappa shape index (κ1) is 15.0. The normalized spacial score (nSPS) is 22.1. The fourth-order valence-electron chi connectivity index (χ4n) is 2.55. The fraction of sp³-hybridized carbons (Fsp3) is 0.500. The van der Waals surface area contributed by atoms with Gasteiger partial charge >= 0.3 is 0 Å². The second-order valence-electron chi connectivity index (χ2n) is 5.69. The number of carbonyl (C=O) groups excluding carboxylic acids is 1. The van der Waals surface area contributed by atoms with Gasteiger partial charge in [0.2, 0.25) is 0 Å². The van der Waals surface area contributed by atoms with Crippen molar-refractivity contribution in [1.82, 2.24) is 5.32 Å². The van der Waals surface area contributed by atoms with E-state index in [1.807, 2.05) is 24.3 Å². The molecule has 2 N–H and O–H groups in total. The molecule has 0 saturated heterocycles. The van der Waals surface area contributed by atoms with Gasteiger partial charge in [-0.15, -0.1) is 0 Å². The largest absolute Gasteiger partial charge is 0.360 e. The molecule has 4 heteroatoms. The minimum absolute atomic E-state index is 0.0774. The van der Waals surface area contributed by atoms with Crippen LogP contribution in [-0.4, -0.2) is 16.9 Å². The van der Waals surface area contributed by atoms with Crippen LogP contribution in [-0.2, 0) is 0 Å². The lowest BCUT2D eigenvalue weighted by molar-refractivity contribution is 0.101. The van der Waals surface area contributed by atoms with Gasteiger partial charge in [-0.3, -0.25) is 4.79 Å². The van der Waals surface area contributed by atoms with E-state index >= 15 is 0 Å². The van der Waals surface area contributed by atoms with E-state index < -0.39 is 0 Å². The summed E-state index contributed by atoms with van der Waals surface area (Å²) in [5, 5.41) is 7.22. The Hall–Kier alpha value is -1.42. The second kappa shape index (κ2) is 6.84. The number of anilines is 1. The molecule has 1 fully saturated rings. The van der Waals surface area contributed by atoms with E-state index in [-0.39, 0.29) is 5.78 Å². The Bertz CT molecular complexity index is 476. The predicted octanol–water partition coefficient (Wildman–Crippen LogP) is 3.75. The lowest BCUT2D eigenvalue weighted by atomic mass is 9.87. The number of Topliss-reactive ketones (excluding diaryl/α,β-unsaturated/α-hetero) is 1. The van der Waals surface area contributed by atoms with Crippen LogP contribution < -0.4 is 10.6 Å². The topological polar surface area (TPSA) is 41.1 Å². The summed E-state index contributed by atoms with van der Waals surface area (Å²) in [6, 6.07) is 7.88. The van der Waals surface area contributed by atoms with Gasteiger partial charge in [0.1, 0.15) is 0 Å². The standard InChI is InChI=1S/C16H22N2OS/c1-11-3-7-14(8-4-11)17-16(20)18-15-9-5-13(6-10-15)12(2)19/h5-6,9-11,14H,3-4,7-8H2,1-2H3,(H2,17,18,20). The van der Waals surface area contributed by atoms with Crippen molar-refractivity contribution in [3.05, 3.63) is 29.8 Å². The number of benzene rings is 1. The Morgan fingerprint density at radius 1 is 1.15 bits per heavy atom. The molecule has 0 spiro atoms. The van der Waals surface area contributed by atoms with Gasteiger partial charge in [-0.1, -0.05) is 6.92 Å². The molecule has 2 rings (SSSR count). The molecule has 0 aliphatic heterocycles. The number of thiocarbonyl (C=S) groups is 1. The molecule has 1 aliphatic carbocycles. The maximum Gasteiger partial charge on any atom is 0.170 e. The molecule has 0 unspecified atom stereocenters. The third-order valence-electron chi connectivity index (χ3n) is 3.90. The fourth-order valence-corrected chi connectivity index (χ4v) is 2.83. The van der Waals surface area contributed by atoms with Crippen LogP contribution in [0.5, 0.6) is 0 Å². The summed E-state index contributed by atoms with van der Waals surface area (Å²) in [4.78, 5) is 11.2. The Kier molecular flexibility index (Phi) is 5.12. The summed E-state index contributed by atoms with van der Waals surface area (Å²) in [6.07, 6.45) is 4.92. The molecule has 1 aliphatic rings. The number of hydrogen-bond acceptors (Lipinski definition) is 2. The van der Waals surface area contributed by atoms with Crippen molar-refractivity contribution >= 4 is 28.8 Å². The molecular formula is C16H22N2OS. The molecule has 108 valence electrons. The smallest absolute Gasteiger partial charge is 0.170 e. The minimum atomic E-state index is 0.0774. The van der Waals surface area contributed by atoms with Gasteiger partial charge < -0.3 is 10.6 Å². The van der Waals surface area contributed by atoms with E-state index in [0.29, 0.717) is 11.2 Å². The molecule has 1 aromatic carbocycles. The molecule has 3 nitrogen and oxygen atoms in total. The average Bonchev–Trinajstić information content (AvgIpc) is 2.42. The highest BCUT2D eigenvalue weighted by Crippen LogP contribution is 2.23. The zero-order chi connectivity index (χ0) is 14.5. The number of rotatable bonds is 3. The van der Waals surface area contributed by atoms with Crippen LogP contribution in [0.3, 0.4) is 0 Å². The first-order valence-corrected chi connectivity index (χ1v) is 7.64. The molecular weight excluding hydrogens is 268 g/mol. The molecule has 0 bridgehead atoms. The van der Waals surface area contributed by atoms with Crippen molar-refractivity contribution in [2.75, 3.05) is 5.32 Å². The molecule has 1 saturated carbocycles. The number of hydrogen-bond donors (Lipinski definition) is 2. The third kappa shape index (κ3) is 4.30. The van der Waals surface area contributed by atoms with Gasteiger partial charge in [0.15, 0.2) is 10.9 Å². The zero-order valence-electron chi connectivity index (χ0n) is 12.1. The molecule has 0 radical (unpaired) electrons. The van der Waals surface area contributed by atoms with Gasteiger partial charge in [-0.05, 0) is 75.0 Å². The van der Waals surface area contributed by atoms with E-state index in [1.54, 1.807) is 6.92 Å². The van der Waals surface area contributed by atoms with Gasteiger partial charge in [-0.25, -0.2) is 0 Å². The highest BCUT2D eigenvalue weighted by Gasteiger charge is 2.18. The van der Waals surface area contributed by atoms with Crippen molar-refractivity contribution < 1.29 is 4.79 Å². The lowest BCUT2D eigenvalue weighted by Gasteiger charge is -2.28. The van der Waals surface area contributed by atoms with Crippen LogP contribution >= 0.6 is 12.2 Å². The van der Waals surface area contributed by atoms with Gasteiger partial charge in [0.25, 0.3) is 0 Å². The first-order chi connectivity index (χ1) is 9.54. The van der Waals surface area contributed by atoms with Crippen LogP contribution in [0.2, 0.25) is 0 Å².